The average molecular weight is 304 g/mol. The second-order valence-corrected chi connectivity index (χ2v) is 6.44. The second-order valence-electron chi connectivity index (χ2n) is 5.18. The van der Waals surface area contributed by atoms with Crippen LogP contribution in [-0.4, -0.2) is 28.4 Å². The van der Waals surface area contributed by atoms with Gasteiger partial charge < -0.3 is 14.9 Å². The smallest absolute Gasteiger partial charge is 0.143 e. The van der Waals surface area contributed by atoms with Crippen LogP contribution in [0.5, 0.6) is 11.5 Å². The number of thioether (sulfide) groups is 1. The first-order chi connectivity index (χ1) is 10.0. The molecule has 3 rings (SSSR count). The van der Waals surface area contributed by atoms with E-state index in [4.69, 9.17) is 4.74 Å². The fourth-order valence-electron chi connectivity index (χ4n) is 2.78. The summed E-state index contributed by atoms with van der Waals surface area (Å²) in [6.07, 6.45) is 0.450. The molecule has 0 bridgehead atoms. The van der Waals surface area contributed by atoms with Crippen molar-refractivity contribution < 1.29 is 19.7 Å². The fourth-order valence-corrected chi connectivity index (χ4v) is 4.00. The number of ether oxygens (including phenoxy) is 1. The lowest BCUT2D eigenvalue weighted by atomic mass is 9.94. The molecule has 2 aromatic carbocycles. The number of ketones is 1. The van der Waals surface area contributed by atoms with E-state index in [9.17, 15) is 15.0 Å². The third-order valence-electron chi connectivity index (χ3n) is 3.86. The monoisotopic (exact) mass is 304 g/mol. The lowest BCUT2D eigenvalue weighted by molar-refractivity contribution is -0.116. The Labute approximate surface area is 126 Å². The van der Waals surface area contributed by atoms with Gasteiger partial charge in [0.2, 0.25) is 0 Å². The van der Waals surface area contributed by atoms with Crippen molar-refractivity contribution in [1.82, 2.24) is 0 Å². The van der Waals surface area contributed by atoms with Crippen LogP contribution in [0.3, 0.4) is 0 Å². The maximum absolute atomic E-state index is 11.7. The van der Waals surface area contributed by atoms with Crippen molar-refractivity contribution >= 4 is 28.3 Å². The quantitative estimate of drug-likeness (QED) is 0.892. The molecular formula is C16H16O4S. The van der Waals surface area contributed by atoms with Crippen LogP contribution in [0.1, 0.15) is 23.5 Å². The fraction of sp³-hybridized carbons (Fsp3) is 0.312. The molecule has 0 saturated carbocycles. The number of carbonyl (C=O) groups is 1. The predicted molar refractivity (Wildman–Crippen MR) is 82.8 cm³/mol. The number of fused-ring (bicyclic) bond motifs is 2. The van der Waals surface area contributed by atoms with Gasteiger partial charge in [-0.25, -0.2) is 0 Å². The number of hydrogen-bond donors (Lipinski definition) is 2. The van der Waals surface area contributed by atoms with Gasteiger partial charge in [-0.2, -0.15) is 0 Å². The number of phenolic OH excluding ortho intramolecular Hbond substituents is 2. The van der Waals surface area contributed by atoms with Gasteiger partial charge in [0, 0.05) is 12.7 Å². The largest absolute Gasteiger partial charge is 0.507 e. The van der Waals surface area contributed by atoms with Crippen LogP contribution in [0.2, 0.25) is 0 Å². The molecule has 0 unspecified atom stereocenters. The van der Waals surface area contributed by atoms with Crippen LogP contribution in [0, 0.1) is 0 Å². The van der Waals surface area contributed by atoms with Gasteiger partial charge in [-0.3, -0.25) is 4.79 Å². The Bertz CT molecular complexity index is 726. The summed E-state index contributed by atoms with van der Waals surface area (Å²) in [5, 5.41) is 21.5. The molecule has 21 heavy (non-hydrogen) atoms. The van der Waals surface area contributed by atoms with Gasteiger partial charge in [0.05, 0.1) is 10.6 Å². The SMILES string of the molecule is CO[C@H]1S[C@@H](C(C)=O)Cc2c1cc1cccc(O)c1c2O. The summed E-state index contributed by atoms with van der Waals surface area (Å²) in [4.78, 5) is 11.7. The topological polar surface area (TPSA) is 66.8 Å². The van der Waals surface area contributed by atoms with E-state index in [1.165, 1.54) is 11.8 Å². The molecule has 2 N–H and O–H groups in total. The highest BCUT2D eigenvalue weighted by atomic mass is 32.2. The van der Waals surface area contributed by atoms with E-state index in [0.29, 0.717) is 17.4 Å². The molecule has 1 aliphatic heterocycles. The highest BCUT2D eigenvalue weighted by molar-refractivity contribution is 8.00. The maximum Gasteiger partial charge on any atom is 0.143 e. The van der Waals surface area contributed by atoms with Gasteiger partial charge in [-0.15, -0.1) is 11.8 Å². The third kappa shape index (κ3) is 2.26. The van der Waals surface area contributed by atoms with Crippen LogP contribution in [0.4, 0.5) is 0 Å². The van der Waals surface area contributed by atoms with E-state index in [1.54, 1.807) is 26.2 Å². The Morgan fingerprint density at radius 1 is 1.38 bits per heavy atom. The minimum atomic E-state index is -0.291. The number of carbonyl (C=O) groups excluding carboxylic acids is 1. The minimum Gasteiger partial charge on any atom is -0.507 e. The van der Waals surface area contributed by atoms with Crippen LogP contribution in [0.25, 0.3) is 10.8 Å². The number of rotatable bonds is 2. The number of benzene rings is 2. The minimum absolute atomic E-state index is 0.0411. The van der Waals surface area contributed by atoms with E-state index in [-0.39, 0.29) is 28.0 Å². The number of hydrogen-bond acceptors (Lipinski definition) is 5. The first-order valence-electron chi connectivity index (χ1n) is 6.68. The number of aromatic hydroxyl groups is 2. The standard InChI is InChI=1S/C16H16O4S/c1-8(17)13-7-10-11(16(20-2)21-13)6-9-4-3-5-12(18)14(9)15(10)19/h3-6,13,16,18-19H,7H2,1-2H3/t13-,16+/m1/s1. The van der Waals surface area contributed by atoms with Crippen molar-refractivity contribution in [2.75, 3.05) is 7.11 Å². The van der Waals surface area contributed by atoms with Crippen molar-refractivity contribution in [2.45, 2.75) is 24.0 Å². The number of phenols is 2. The normalized spacial score (nSPS) is 21.2. The molecule has 4 nitrogen and oxygen atoms in total. The lowest BCUT2D eigenvalue weighted by Crippen LogP contribution is -2.24. The number of methoxy groups -OCH3 is 1. The van der Waals surface area contributed by atoms with Crippen LogP contribution >= 0.6 is 11.8 Å². The molecule has 0 aliphatic carbocycles. The van der Waals surface area contributed by atoms with E-state index in [1.807, 2.05) is 12.1 Å². The molecule has 0 radical (unpaired) electrons. The Morgan fingerprint density at radius 2 is 2.14 bits per heavy atom. The summed E-state index contributed by atoms with van der Waals surface area (Å²) in [7, 11) is 1.59. The molecule has 1 heterocycles. The molecule has 5 heteroatoms. The average Bonchev–Trinajstić information content (AvgIpc) is 2.46. The summed E-state index contributed by atoms with van der Waals surface area (Å²) >= 11 is 1.46. The maximum atomic E-state index is 11.7. The third-order valence-corrected chi connectivity index (χ3v) is 5.38. The Balaban J connectivity index is 2.26. The van der Waals surface area contributed by atoms with Gasteiger partial charge in [0.15, 0.2) is 0 Å². The highest BCUT2D eigenvalue weighted by Crippen LogP contribution is 2.48. The van der Waals surface area contributed by atoms with Crippen molar-refractivity contribution in [3.8, 4) is 11.5 Å². The summed E-state index contributed by atoms with van der Waals surface area (Å²) in [5.41, 5.74) is 1.27. The first-order valence-corrected chi connectivity index (χ1v) is 7.62. The van der Waals surface area contributed by atoms with Gasteiger partial charge in [0.1, 0.15) is 22.7 Å². The van der Waals surface area contributed by atoms with E-state index in [2.05, 4.69) is 0 Å². The predicted octanol–water partition coefficient (Wildman–Crippen LogP) is 3.14. The molecule has 0 fully saturated rings. The summed E-state index contributed by atoms with van der Waals surface area (Å²) in [5.74, 6) is 0.151. The molecule has 0 spiro atoms. The molecular weight excluding hydrogens is 288 g/mol. The van der Waals surface area contributed by atoms with Crippen molar-refractivity contribution in [3.05, 3.63) is 35.4 Å². The zero-order valence-electron chi connectivity index (χ0n) is 11.8. The van der Waals surface area contributed by atoms with Crippen molar-refractivity contribution in [3.63, 3.8) is 0 Å². The second kappa shape index (κ2) is 5.24. The van der Waals surface area contributed by atoms with Crippen molar-refractivity contribution in [2.24, 2.45) is 0 Å². The van der Waals surface area contributed by atoms with E-state index in [0.717, 1.165) is 10.9 Å². The molecule has 2 aromatic rings. The van der Waals surface area contributed by atoms with E-state index >= 15 is 0 Å². The van der Waals surface area contributed by atoms with Crippen LogP contribution < -0.4 is 0 Å². The summed E-state index contributed by atoms with van der Waals surface area (Å²) in [6.45, 7) is 1.55. The van der Waals surface area contributed by atoms with E-state index < -0.39 is 0 Å². The molecule has 0 saturated heterocycles. The molecule has 2 atom stereocenters. The highest BCUT2D eigenvalue weighted by Gasteiger charge is 2.33. The molecule has 0 aromatic heterocycles. The lowest BCUT2D eigenvalue weighted by Gasteiger charge is -2.30. The van der Waals surface area contributed by atoms with Gasteiger partial charge >= 0.3 is 0 Å². The van der Waals surface area contributed by atoms with Crippen molar-refractivity contribution in [1.29, 1.82) is 0 Å². The summed E-state index contributed by atoms with van der Waals surface area (Å²) in [6, 6.07) is 7.03. The van der Waals surface area contributed by atoms with Crippen LogP contribution in [-0.2, 0) is 16.0 Å². The van der Waals surface area contributed by atoms with Gasteiger partial charge in [-0.1, -0.05) is 12.1 Å². The Hall–Kier alpha value is -1.72. The zero-order valence-corrected chi connectivity index (χ0v) is 12.6. The Morgan fingerprint density at radius 3 is 2.81 bits per heavy atom. The first kappa shape index (κ1) is 14.2. The van der Waals surface area contributed by atoms with Gasteiger partial charge in [0.25, 0.3) is 0 Å². The summed E-state index contributed by atoms with van der Waals surface area (Å²) < 4.78 is 5.47. The number of Topliss-reactive ketones (excluding diaryl/α,β-unsaturated/α-hetero) is 1. The molecule has 0 amide bonds. The van der Waals surface area contributed by atoms with Crippen LogP contribution in [0.15, 0.2) is 24.3 Å². The molecule has 1 aliphatic rings. The molecule has 110 valence electrons. The van der Waals surface area contributed by atoms with Gasteiger partial charge in [-0.05, 0) is 36.4 Å². The zero-order chi connectivity index (χ0) is 15.1. The Kier molecular flexibility index (Phi) is 3.55.